The molecule has 0 fully saturated rings. The van der Waals surface area contributed by atoms with Gasteiger partial charge in [0.2, 0.25) is 5.88 Å². The van der Waals surface area contributed by atoms with Gasteiger partial charge in [0.15, 0.2) is 0 Å². The van der Waals surface area contributed by atoms with E-state index in [0.29, 0.717) is 12.5 Å². The second kappa shape index (κ2) is 6.01. The fourth-order valence-electron chi connectivity index (χ4n) is 0.759. The first kappa shape index (κ1) is 12.5. The molecule has 80 valence electrons. The molecule has 0 heterocycles. The Kier molecular flexibility index (Phi) is 5.36. The maximum absolute atomic E-state index is 10.6. The fraction of sp³-hybridized carbons (Fsp3) is 0.556. The summed E-state index contributed by atoms with van der Waals surface area (Å²) in [4.78, 5) is 10.6. The smallest absolute Gasteiger partial charge is 0.342 e. The molecule has 0 saturated heterocycles. The third-order valence-corrected chi connectivity index (χ3v) is 1.41. The monoisotopic (exact) mass is 200 g/mol. The van der Waals surface area contributed by atoms with Crippen LogP contribution in [0.5, 0.6) is 0 Å². The summed E-state index contributed by atoms with van der Waals surface area (Å²) in [6.45, 7) is 4.33. The number of carboxylic acid groups (broad SMARTS) is 1. The molecule has 14 heavy (non-hydrogen) atoms. The average Bonchev–Trinajstić information content (AvgIpc) is 2.10. The quantitative estimate of drug-likeness (QED) is 0.337. The molecule has 0 amide bonds. The van der Waals surface area contributed by atoms with Crippen molar-refractivity contribution in [2.24, 2.45) is 5.92 Å². The van der Waals surface area contributed by atoms with Gasteiger partial charge in [-0.1, -0.05) is 13.8 Å². The summed E-state index contributed by atoms with van der Waals surface area (Å²) in [6, 6.07) is 0. The maximum Gasteiger partial charge on any atom is 0.342 e. The van der Waals surface area contributed by atoms with Crippen molar-refractivity contribution < 1.29 is 14.6 Å². The number of carboxylic acids is 1. The molecule has 0 aromatic carbocycles. The lowest BCUT2D eigenvalue weighted by Crippen LogP contribution is -2.19. The first-order valence-corrected chi connectivity index (χ1v) is 4.31. The van der Waals surface area contributed by atoms with Crippen LogP contribution in [-0.4, -0.2) is 30.9 Å². The first-order valence-electron chi connectivity index (χ1n) is 4.31. The zero-order chi connectivity index (χ0) is 11.1. The van der Waals surface area contributed by atoms with Crippen molar-refractivity contribution in [1.29, 1.82) is 5.41 Å². The predicted molar refractivity (Wildman–Crippen MR) is 53.3 cm³/mol. The molecule has 0 atom stereocenters. The van der Waals surface area contributed by atoms with Gasteiger partial charge < -0.3 is 20.6 Å². The van der Waals surface area contributed by atoms with Gasteiger partial charge in [0.1, 0.15) is 5.57 Å². The van der Waals surface area contributed by atoms with E-state index in [1.807, 2.05) is 13.8 Å². The van der Waals surface area contributed by atoms with Crippen molar-refractivity contribution in [3.05, 3.63) is 11.5 Å². The van der Waals surface area contributed by atoms with Gasteiger partial charge in [-0.25, -0.2) is 4.79 Å². The summed E-state index contributed by atoms with van der Waals surface area (Å²) in [6.07, 6.45) is 0.758. The predicted octanol–water partition coefficient (Wildman–Crippen LogP) is 0.824. The second-order valence-corrected chi connectivity index (χ2v) is 3.15. The van der Waals surface area contributed by atoms with E-state index in [1.54, 1.807) is 7.05 Å². The van der Waals surface area contributed by atoms with E-state index >= 15 is 0 Å². The minimum atomic E-state index is -1.17. The lowest BCUT2D eigenvalue weighted by atomic mass is 10.2. The molecule has 5 nitrogen and oxygen atoms in total. The molecule has 0 aliphatic rings. The topological polar surface area (TPSA) is 82.4 Å². The van der Waals surface area contributed by atoms with Crippen molar-refractivity contribution in [3.63, 3.8) is 0 Å². The van der Waals surface area contributed by atoms with Crippen LogP contribution in [0.4, 0.5) is 0 Å². The van der Waals surface area contributed by atoms with Gasteiger partial charge >= 0.3 is 5.97 Å². The van der Waals surface area contributed by atoms with E-state index < -0.39 is 5.97 Å². The minimum Gasteiger partial charge on any atom is -0.478 e. The normalized spacial score (nSPS) is 12.0. The van der Waals surface area contributed by atoms with Crippen LogP contribution in [0.15, 0.2) is 11.5 Å². The van der Waals surface area contributed by atoms with E-state index in [4.69, 9.17) is 15.3 Å². The highest BCUT2D eigenvalue weighted by molar-refractivity contribution is 6.07. The Balaban J connectivity index is 4.63. The molecule has 0 aromatic rings. The highest BCUT2D eigenvalue weighted by Gasteiger charge is 2.12. The van der Waals surface area contributed by atoms with Crippen molar-refractivity contribution in [2.75, 3.05) is 13.7 Å². The van der Waals surface area contributed by atoms with E-state index in [0.717, 1.165) is 6.21 Å². The molecule has 0 saturated carbocycles. The summed E-state index contributed by atoms with van der Waals surface area (Å²) < 4.78 is 5.20. The van der Waals surface area contributed by atoms with Crippen LogP contribution in [0.1, 0.15) is 13.8 Å². The number of carbonyl (C=O) groups is 1. The van der Waals surface area contributed by atoms with Crippen LogP contribution in [0.25, 0.3) is 0 Å². The molecular weight excluding hydrogens is 184 g/mol. The molecule has 0 aromatic heterocycles. The van der Waals surface area contributed by atoms with E-state index in [1.165, 1.54) is 0 Å². The molecule has 0 radical (unpaired) electrons. The van der Waals surface area contributed by atoms with E-state index in [2.05, 4.69) is 5.32 Å². The van der Waals surface area contributed by atoms with Crippen molar-refractivity contribution in [3.8, 4) is 0 Å². The van der Waals surface area contributed by atoms with Crippen molar-refractivity contribution in [2.45, 2.75) is 13.8 Å². The largest absolute Gasteiger partial charge is 0.478 e. The number of hydrogen-bond acceptors (Lipinski definition) is 4. The van der Waals surface area contributed by atoms with Crippen LogP contribution in [0.3, 0.4) is 0 Å². The number of hydrogen-bond donors (Lipinski definition) is 3. The SMILES string of the molecule is CN/C(OCC(C)C)=C(\C=N)C(=O)O. The highest BCUT2D eigenvalue weighted by atomic mass is 16.5. The molecule has 0 unspecified atom stereocenters. The summed E-state index contributed by atoms with van der Waals surface area (Å²) in [5, 5.41) is 18.3. The molecule has 0 aliphatic heterocycles. The highest BCUT2D eigenvalue weighted by Crippen LogP contribution is 2.04. The van der Waals surface area contributed by atoms with Crippen molar-refractivity contribution >= 4 is 12.2 Å². The Bertz CT molecular complexity index is 246. The Morgan fingerprint density at radius 3 is 2.50 bits per heavy atom. The molecule has 0 rings (SSSR count). The number of rotatable bonds is 6. The van der Waals surface area contributed by atoms with Gasteiger partial charge in [-0.15, -0.1) is 0 Å². The molecule has 0 bridgehead atoms. The summed E-state index contributed by atoms with van der Waals surface area (Å²) in [5.74, 6) is -0.742. The van der Waals surface area contributed by atoms with Gasteiger partial charge in [-0.3, -0.25) is 0 Å². The lowest BCUT2D eigenvalue weighted by Gasteiger charge is -2.12. The van der Waals surface area contributed by atoms with Crippen LogP contribution < -0.4 is 5.32 Å². The molecule has 3 N–H and O–H groups in total. The summed E-state index contributed by atoms with van der Waals surface area (Å²) in [5.41, 5.74) is -0.173. The fourth-order valence-corrected chi connectivity index (χ4v) is 0.759. The van der Waals surface area contributed by atoms with Crippen LogP contribution in [-0.2, 0) is 9.53 Å². The van der Waals surface area contributed by atoms with Gasteiger partial charge in [0.25, 0.3) is 0 Å². The summed E-state index contributed by atoms with van der Waals surface area (Å²) in [7, 11) is 1.56. The van der Waals surface area contributed by atoms with Crippen LogP contribution >= 0.6 is 0 Å². The van der Waals surface area contributed by atoms with Gasteiger partial charge in [-0.05, 0) is 5.92 Å². The van der Waals surface area contributed by atoms with Crippen LogP contribution in [0, 0.1) is 11.3 Å². The van der Waals surface area contributed by atoms with Gasteiger partial charge in [0, 0.05) is 13.3 Å². The van der Waals surface area contributed by atoms with Crippen LogP contribution in [0.2, 0.25) is 0 Å². The standard InChI is InChI=1S/C9H16N2O3/c1-6(2)5-14-8(11-3)7(4-10)9(12)13/h4,6,10-11H,5H2,1-3H3,(H,12,13)/b8-7-,10-4?. The third kappa shape index (κ3) is 3.93. The van der Waals surface area contributed by atoms with Crippen molar-refractivity contribution in [1.82, 2.24) is 5.32 Å². The zero-order valence-corrected chi connectivity index (χ0v) is 8.63. The number of nitrogens with one attached hydrogen (secondary N) is 2. The van der Waals surface area contributed by atoms with E-state index in [-0.39, 0.29) is 11.5 Å². The Labute approximate surface area is 83.3 Å². The molecule has 5 heteroatoms. The Morgan fingerprint density at radius 2 is 2.21 bits per heavy atom. The minimum absolute atomic E-state index is 0.126. The average molecular weight is 200 g/mol. The maximum atomic E-state index is 10.6. The van der Waals surface area contributed by atoms with Gasteiger partial charge in [0.05, 0.1) is 6.61 Å². The summed E-state index contributed by atoms with van der Waals surface area (Å²) >= 11 is 0. The Morgan fingerprint density at radius 1 is 1.64 bits per heavy atom. The first-order chi connectivity index (χ1) is 6.52. The molecule has 0 spiro atoms. The number of aliphatic carboxylic acids is 1. The van der Waals surface area contributed by atoms with E-state index in [9.17, 15) is 4.79 Å². The molecular formula is C9H16N2O3. The Hall–Kier alpha value is -1.52. The molecule has 0 aliphatic carbocycles. The number of ether oxygens (including phenoxy) is 1. The van der Waals surface area contributed by atoms with Gasteiger partial charge in [-0.2, -0.15) is 0 Å². The zero-order valence-electron chi connectivity index (χ0n) is 8.63. The second-order valence-electron chi connectivity index (χ2n) is 3.15. The lowest BCUT2D eigenvalue weighted by molar-refractivity contribution is -0.132. The third-order valence-electron chi connectivity index (χ3n) is 1.41.